The predicted molar refractivity (Wildman–Crippen MR) is 119 cm³/mol. The molecule has 0 spiro atoms. The van der Waals surface area contributed by atoms with Crippen LogP contribution < -0.4 is 10.3 Å². The zero-order valence-corrected chi connectivity index (χ0v) is 17.5. The molecular weight excluding hydrogens is 431 g/mol. The Balaban J connectivity index is 1.73. The molecule has 0 N–H and O–H groups in total. The quantitative estimate of drug-likeness (QED) is 0.370. The molecule has 8 heteroatoms. The number of benzene rings is 3. The Hall–Kier alpha value is -4.07. The van der Waals surface area contributed by atoms with E-state index in [1.165, 1.54) is 16.5 Å². The number of imidazole rings is 1. The van der Waals surface area contributed by atoms with Gasteiger partial charge in [-0.05, 0) is 42.0 Å². The lowest BCUT2D eigenvalue weighted by atomic mass is 10.1. The Morgan fingerprint density at radius 1 is 0.909 bits per heavy atom. The molecule has 0 saturated carbocycles. The minimum atomic E-state index is -4.44. The Morgan fingerprint density at radius 2 is 1.67 bits per heavy atom. The molecule has 0 aliphatic carbocycles. The molecule has 0 fully saturated rings. The van der Waals surface area contributed by atoms with Crippen molar-refractivity contribution in [2.24, 2.45) is 0 Å². The number of nitrogens with zero attached hydrogens (tertiary/aromatic N) is 3. The second-order valence-corrected chi connectivity index (χ2v) is 7.62. The molecule has 5 nitrogen and oxygen atoms in total. The lowest BCUT2D eigenvalue weighted by Gasteiger charge is -2.11. The zero-order valence-electron chi connectivity index (χ0n) is 17.5. The van der Waals surface area contributed by atoms with Crippen molar-refractivity contribution in [1.82, 2.24) is 14.0 Å². The van der Waals surface area contributed by atoms with Crippen molar-refractivity contribution in [2.45, 2.75) is 12.7 Å². The molecule has 2 aromatic heterocycles. The smallest absolute Gasteiger partial charge is 0.416 e. The van der Waals surface area contributed by atoms with Gasteiger partial charge in [-0.15, -0.1) is 0 Å². The zero-order chi connectivity index (χ0) is 23.2. The summed E-state index contributed by atoms with van der Waals surface area (Å²) in [5, 5.41) is 0. The van der Waals surface area contributed by atoms with Gasteiger partial charge >= 0.3 is 6.18 Å². The number of methoxy groups -OCH3 is 1. The summed E-state index contributed by atoms with van der Waals surface area (Å²) in [4.78, 5) is 17.9. The summed E-state index contributed by atoms with van der Waals surface area (Å²) in [6, 6.07) is 21.0. The van der Waals surface area contributed by atoms with Gasteiger partial charge in [0.2, 0.25) is 5.78 Å². The second-order valence-electron chi connectivity index (χ2n) is 7.62. The van der Waals surface area contributed by atoms with E-state index in [-0.39, 0.29) is 12.1 Å². The minimum Gasteiger partial charge on any atom is -0.497 e. The molecule has 5 aromatic rings. The number of hydrogen-bond donors (Lipinski definition) is 0. The second kappa shape index (κ2) is 7.81. The maximum Gasteiger partial charge on any atom is 0.416 e. The number of alkyl halides is 3. The molecule has 0 saturated heterocycles. The van der Waals surface area contributed by atoms with Gasteiger partial charge in [-0.25, -0.2) is 9.38 Å². The fourth-order valence-corrected chi connectivity index (χ4v) is 3.98. The van der Waals surface area contributed by atoms with Crippen LogP contribution in [0.5, 0.6) is 5.75 Å². The van der Waals surface area contributed by atoms with Gasteiger partial charge in [0.15, 0.2) is 0 Å². The van der Waals surface area contributed by atoms with Crippen molar-refractivity contribution in [3.05, 3.63) is 100 Å². The van der Waals surface area contributed by atoms with Gasteiger partial charge in [-0.1, -0.05) is 36.4 Å². The molecule has 0 atom stereocenters. The first-order valence-corrected chi connectivity index (χ1v) is 10.2. The van der Waals surface area contributed by atoms with Crippen molar-refractivity contribution in [1.29, 1.82) is 0 Å². The normalized spacial score (nSPS) is 11.9. The standard InChI is InChI=1S/C25H18F3N3O2/c1-33-19-9-5-7-17(13-19)20-14-23(32)31-22-11-3-2-10-21(22)30(24(31)29-20)15-16-6-4-8-18(12-16)25(26,27)28/h2-14H,15H2,1H3. The third kappa shape index (κ3) is 3.73. The number of rotatable bonds is 4. The van der Waals surface area contributed by atoms with E-state index in [4.69, 9.17) is 9.72 Å². The maximum absolute atomic E-state index is 13.2. The number of ether oxygens (including phenoxy) is 1. The van der Waals surface area contributed by atoms with E-state index in [0.717, 1.165) is 12.1 Å². The lowest BCUT2D eigenvalue weighted by molar-refractivity contribution is -0.137. The first kappa shape index (κ1) is 20.8. The topological polar surface area (TPSA) is 48.5 Å². The molecule has 2 heterocycles. The van der Waals surface area contributed by atoms with Gasteiger partial charge < -0.3 is 9.30 Å². The van der Waals surface area contributed by atoms with E-state index in [0.29, 0.717) is 39.4 Å². The summed E-state index contributed by atoms with van der Waals surface area (Å²) in [5.74, 6) is 0.970. The average Bonchev–Trinajstić information content (AvgIpc) is 3.13. The summed E-state index contributed by atoms with van der Waals surface area (Å²) in [5.41, 5.74) is 1.93. The van der Waals surface area contributed by atoms with Crippen molar-refractivity contribution in [3.8, 4) is 17.0 Å². The molecule has 0 unspecified atom stereocenters. The summed E-state index contributed by atoms with van der Waals surface area (Å²) in [6.45, 7) is 0.120. The minimum absolute atomic E-state index is 0.120. The molecule has 5 rings (SSSR count). The lowest BCUT2D eigenvalue weighted by Crippen LogP contribution is -2.15. The maximum atomic E-state index is 13.2. The molecule has 0 radical (unpaired) electrons. The summed E-state index contributed by atoms with van der Waals surface area (Å²) in [7, 11) is 1.55. The van der Waals surface area contributed by atoms with Crippen molar-refractivity contribution >= 4 is 16.8 Å². The monoisotopic (exact) mass is 449 g/mol. The Kier molecular flexibility index (Phi) is 4.92. The van der Waals surface area contributed by atoms with E-state index >= 15 is 0 Å². The fraction of sp³-hybridized carbons (Fsp3) is 0.120. The van der Waals surface area contributed by atoms with Gasteiger partial charge in [0.1, 0.15) is 5.75 Å². The molecule has 0 aliphatic rings. The number of para-hydroxylation sites is 2. The van der Waals surface area contributed by atoms with Crippen LogP contribution in [-0.4, -0.2) is 21.1 Å². The van der Waals surface area contributed by atoms with Crippen LogP contribution in [0.1, 0.15) is 11.1 Å². The van der Waals surface area contributed by atoms with Gasteiger partial charge in [0, 0.05) is 11.6 Å². The molecular formula is C25H18F3N3O2. The van der Waals surface area contributed by atoms with Crippen LogP contribution in [0.25, 0.3) is 28.1 Å². The van der Waals surface area contributed by atoms with Crippen LogP contribution in [0.4, 0.5) is 13.2 Å². The highest BCUT2D eigenvalue weighted by Crippen LogP contribution is 2.30. The van der Waals surface area contributed by atoms with Crippen LogP contribution >= 0.6 is 0 Å². The molecule has 33 heavy (non-hydrogen) atoms. The summed E-state index contributed by atoms with van der Waals surface area (Å²) in [6.07, 6.45) is -4.44. The summed E-state index contributed by atoms with van der Waals surface area (Å²) >= 11 is 0. The Morgan fingerprint density at radius 3 is 2.42 bits per heavy atom. The van der Waals surface area contributed by atoms with Gasteiger partial charge in [-0.2, -0.15) is 13.2 Å². The first-order chi connectivity index (χ1) is 15.8. The number of hydrogen-bond acceptors (Lipinski definition) is 3. The van der Waals surface area contributed by atoms with Crippen LogP contribution in [0.2, 0.25) is 0 Å². The number of halogens is 3. The Labute approximate surface area is 186 Å². The van der Waals surface area contributed by atoms with Gasteiger partial charge in [0.25, 0.3) is 5.56 Å². The molecule has 0 aliphatic heterocycles. The van der Waals surface area contributed by atoms with Crippen LogP contribution in [0, 0.1) is 0 Å². The molecule has 0 bridgehead atoms. The van der Waals surface area contributed by atoms with E-state index in [1.807, 2.05) is 18.2 Å². The van der Waals surface area contributed by atoms with Crippen LogP contribution in [0.3, 0.4) is 0 Å². The molecule has 166 valence electrons. The van der Waals surface area contributed by atoms with Gasteiger partial charge in [0.05, 0.1) is 35.9 Å². The van der Waals surface area contributed by atoms with E-state index in [2.05, 4.69) is 0 Å². The van der Waals surface area contributed by atoms with Crippen LogP contribution in [0.15, 0.2) is 83.7 Å². The number of aromatic nitrogens is 3. The third-order valence-electron chi connectivity index (χ3n) is 5.52. The highest BCUT2D eigenvalue weighted by Gasteiger charge is 2.30. The van der Waals surface area contributed by atoms with Crippen LogP contribution in [-0.2, 0) is 12.7 Å². The fourth-order valence-electron chi connectivity index (χ4n) is 3.98. The third-order valence-corrected chi connectivity index (χ3v) is 5.52. The predicted octanol–water partition coefficient (Wildman–Crippen LogP) is 5.39. The van der Waals surface area contributed by atoms with Crippen molar-refractivity contribution in [3.63, 3.8) is 0 Å². The van der Waals surface area contributed by atoms with E-state index in [9.17, 15) is 18.0 Å². The van der Waals surface area contributed by atoms with Crippen molar-refractivity contribution in [2.75, 3.05) is 7.11 Å². The SMILES string of the molecule is COc1cccc(-c2cc(=O)n3c4ccccc4n(Cc4cccc(C(F)(F)F)c4)c3n2)c1. The molecule has 0 amide bonds. The molecule has 3 aromatic carbocycles. The van der Waals surface area contributed by atoms with Crippen molar-refractivity contribution < 1.29 is 17.9 Å². The highest BCUT2D eigenvalue weighted by molar-refractivity contribution is 5.81. The average molecular weight is 449 g/mol. The number of fused-ring (bicyclic) bond motifs is 3. The largest absolute Gasteiger partial charge is 0.497 e. The van der Waals surface area contributed by atoms with E-state index in [1.54, 1.807) is 48.1 Å². The highest BCUT2D eigenvalue weighted by atomic mass is 19.4. The Bertz CT molecular complexity index is 1550. The van der Waals surface area contributed by atoms with Gasteiger partial charge in [-0.3, -0.25) is 4.79 Å². The summed E-state index contributed by atoms with van der Waals surface area (Å²) < 4.78 is 48.2. The first-order valence-electron chi connectivity index (χ1n) is 10.2. The van der Waals surface area contributed by atoms with E-state index < -0.39 is 11.7 Å².